The summed E-state index contributed by atoms with van der Waals surface area (Å²) in [7, 11) is 0. The third-order valence-corrected chi connectivity index (χ3v) is 10.5. The zero-order valence-electron chi connectivity index (χ0n) is 28.1. The van der Waals surface area contributed by atoms with Crippen LogP contribution in [0.5, 0.6) is 0 Å². The third-order valence-electron chi connectivity index (χ3n) is 10.5. The van der Waals surface area contributed by atoms with Crippen molar-refractivity contribution in [2.45, 2.75) is 38.5 Å². The van der Waals surface area contributed by atoms with Gasteiger partial charge in [0.15, 0.2) is 11.6 Å². The maximum Gasteiger partial charge on any atom is 0.307 e. The molecule has 1 heterocycles. The third kappa shape index (κ3) is 7.53. The van der Waals surface area contributed by atoms with E-state index in [9.17, 15) is 49.2 Å². The van der Waals surface area contributed by atoms with E-state index in [1.807, 2.05) is 54.6 Å². The molecule has 4 aromatic rings. The molecule has 0 saturated heterocycles. The van der Waals surface area contributed by atoms with Crippen LogP contribution in [-0.2, 0) is 19.2 Å². The van der Waals surface area contributed by atoms with Gasteiger partial charge in [-0.3, -0.25) is 28.8 Å². The minimum absolute atomic E-state index is 0.0612. The molecule has 6 unspecified atom stereocenters. The molecular formula is C41H37NO10. The Morgan fingerprint density at radius 3 is 1.25 bits per heavy atom. The van der Waals surface area contributed by atoms with E-state index in [-0.39, 0.29) is 50.1 Å². The Morgan fingerprint density at radius 2 is 0.846 bits per heavy atom. The zero-order chi connectivity index (χ0) is 37.1. The highest BCUT2D eigenvalue weighted by molar-refractivity contribution is 6.00. The van der Waals surface area contributed by atoms with Crippen molar-refractivity contribution >= 4 is 35.4 Å². The van der Waals surface area contributed by atoms with Crippen LogP contribution in [0.15, 0.2) is 91.0 Å². The number of aliphatic carboxylic acids is 4. The number of carboxylic acid groups (broad SMARTS) is 4. The molecule has 2 aliphatic carbocycles. The number of aromatic nitrogens is 1. The van der Waals surface area contributed by atoms with Crippen molar-refractivity contribution in [2.75, 3.05) is 0 Å². The smallest absolute Gasteiger partial charge is 0.307 e. The van der Waals surface area contributed by atoms with Gasteiger partial charge in [0.2, 0.25) is 0 Å². The summed E-state index contributed by atoms with van der Waals surface area (Å²) >= 11 is 0. The maximum atomic E-state index is 13.7. The second-order valence-electron chi connectivity index (χ2n) is 13.7. The zero-order valence-corrected chi connectivity index (χ0v) is 28.1. The van der Waals surface area contributed by atoms with E-state index >= 15 is 0 Å². The van der Waals surface area contributed by atoms with Gasteiger partial charge in [0.05, 0.1) is 35.1 Å². The number of benzene rings is 3. The van der Waals surface area contributed by atoms with E-state index in [0.29, 0.717) is 33.6 Å². The molecule has 2 fully saturated rings. The van der Waals surface area contributed by atoms with E-state index in [1.165, 1.54) is 0 Å². The molecule has 2 aliphatic rings. The topological polar surface area (TPSA) is 196 Å². The van der Waals surface area contributed by atoms with Gasteiger partial charge in [-0.05, 0) is 73.9 Å². The first-order valence-electron chi connectivity index (χ1n) is 17.2. The summed E-state index contributed by atoms with van der Waals surface area (Å²) in [4.78, 5) is 79.4. The lowest BCUT2D eigenvalue weighted by Crippen LogP contribution is -2.37. The molecule has 3 aromatic carbocycles. The van der Waals surface area contributed by atoms with Crippen LogP contribution in [0.2, 0.25) is 0 Å². The second kappa shape index (κ2) is 15.1. The largest absolute Gasteiger partial charge is 0.481 e. The van der Waals surface area contributed by atoms with Gasteiger partial charge in [-0.15, -0.1) is 0 Å². The molecule has 0 radical (unpaired) electrons. The van der Waals surface area contributed by atoms with Crippen molar-refractivity contribution in [1.82, 2.24) is 4.98 Å². The highest BCUT2D eigenvalue weighted by atomic mass is 16.4. The number of hydrogen-bond acceptors (Lipinski definition) is 7. The molecule has 0 bridgehead atoms. The van der Waals surface area contributed by atoms with Crippen molar-refractivity contribution in [2.24, 2.45) is 35.5 Å². The Hall–Kier alpha value is -5.97. The fraction of sp³-hybridized carbons (Fsp3) is 0.293. The molecule has 0 spiro atoms. The number of Topliss-reactive ketones (excluding diaryl/α,β-unsaturated/α-hetero) is 2. The average molecular weight is 704 g/mol. The first kappa shape index (κ1) is 35.8. The van der Waals surface area contributed by atoms with Gasteiger partial charge < -0.3 is 20.4 Å². The summed E-state index contributed by atoms with van der Waals surface area (Å²) in [6, 6.07) is 27.2. The van der Waals surface area contributed by atoms with Crippen LogP contribution >= 0.6 is 0 Å². The lowest BCUT2D eigenvalue weighted by atomic mass is 9.72. The number of nitrogens with zero attached hydrogens (tertiary/aromatic N) is 1. The first-order valence-corrected chi connectivity index (χ1v) is 17.2. The molecule has 6 rings (SSSR count). The maximum absolute atomic E-state index is 13.7. The van der Waals surface area contributed by atoms with Crippen molar-refractivity contribution < 1.29 is 49.2 Å². The van der Waals surface area contributed by atoms with Crippen LogP contribution in [0.1, 0.15) is 59.2 Å². The molecular weight excluding hydrogens is 666 g/mol. The Balaban J connectivity index is 1.32. The highest BCUT2D eigenvalue weighted by Crippen LogP contribution is 2.39. The molecule has 4 N–H and O–H groups in total. The Kier molecular flexibility index (Phi) is 10.4. The lowest BCUT2D eigenvalue weighted by molar-refractivity contribution is -0.156. The van der Waals surface area contributed by atoms with Gasteiger partial charge >= 0.3 is 23.9 Å². The Morgan fingerprint density at radius 1 is 0.442 bits per heavy atom. The van der Waals surface area contributed by atoms with Crippen molar-refractivity contribution in [3.8, 4) is 33.6 Å². The van der Waals surface area contributed by atoms with Crippen LogP contribution < -0.4 is 0 Å². The SMILES string of the molecule is O=C(c1cccc(-c2cc(-c3ccccc3)cc(-c3cccc(C(=O)C4CCC(C(=O)O)C(C(=O)O)C4)c3)n2)c1)C1CCC(C(=O)O)C(C(=O)O)C1. The number of carbonyl (C=O) groups excluding carboxylic acids is 2. The van der Waals surface area contributed by atoms with E-state index in [0.717, 1.165) is 11.1 Å². The predicted molar refractivity (Wildman–Crippen MR) is 188 cm³/mol. The molecule has 2 saturated carbocycles. The van der Waals surface area contributed by atoms with Crippen LogP contribution in [0.4, 0.5) is 0 Å². The summed E-state index contributed by atoms with van der Waals surface area (Å²) in [6.07, 6.45) is 0.601. The van der Waals surface area contributed by atoms with Gasteiger partial charge in [-0.1, -0.05) is 66.7 Å². The van der Waals surface area contributed by atoms with E-state index in [1.54, 1.807) is 36.4 Å². The quantitative estimate of drug-likeness (QED) is 0.119. The summed E-state index contributed by atoms with van der Waals surface area (Å²) in [6.45, 7) is 0. The van der Waals surface area contributed by atoms with Crippen molar-refractivity contribution in [3.05, 3.63) is 102 Å². The average Bonchev–Trinajstić information content (AvgIpc) is 3.16. The van der Waals surface area contributed by atoms with Gasteiger partial charge in [-0.2, -0.15) is 0 Å². The molecule has 11 nitrogen and oxygen atoms in total. The molecule has 266 valence electrons. The van der Waals surface area contributed by atoms with E-state index < -0.39 is 59.4 Å². The van der Waals surface area contributed by atoms with Crippen molar-refractivity contribution in [1.29, 1.82) is 0 Å². The number of rotatable bonds is 11. The molecule has 0 aliphatic heterocycles. The molecule has 6 atom stereocenters. The molecule has 1 aromatic heterocycles. The van der Waals surface area contributed by atoms with Crippen LogP contribution in [0, 0.1) is 35.5 Å². The Labute approximate surface area is 299 Å². The summed E-state index contributed by atoms with van der Waals surface area (Å²) in [5.74, 6) is -11.0. The van der Waals surface area contributed by atoms with Crippen molar-refractivity contribution in [3.63, 3.8) is 0 Å². The lowest BCUT2D eigenvalue weighted by Gasteiger charge is -2.30. The number of pyridine rings is 1. The highest BCUT2D eigenvalue weighted by Gasteiger charge is 2.43. The monoisotopic (exact) mass is 703 g/mol. The van der Waals surface area contributed by atoms with Gasteiger partial charge in [0.1, 0.15) is 0 Å². The van der Waals surface area contributed by atoms with Crippen LogP contribution in [0.25, 0.3) is 33.6 Å². The van der Waals surface area contributed by atoms with Gasteiger partial charge in [0.25, 0.3) is 0 Å². The normalized spacial score (nSPS) is 22.9. The minimum atomic E-state index is -1.23. The predicted octanol–water partition coefficient (Wildman–Crippen LogP) is 6.85. The standard InChI is InChI=1S/C41H37NO10/c43-36(27-12-14-30(38(45)46)32(18-27)40(49)50)25-10-4-8-23(16-25)34-20-29(22-6-2-1-3-7-22)21-35(42-34)24-9-5-11-26(17-24)37(44)28-13-15-31(39(47)48)33(19-28)41(51)52/h1-11,16-17,20-21,27-28,30-33H,12-15,18-19H2,(H,45,46)(H,47,48)(H,49,50)(H,51,52). The van der Waals surface area contributed by atoms with E-state index in [2.05, 4.69) is 0 Å². The molecule has 11 heteroatoms. The summed E-state index contributed by atoms with van der Waals surface area (Å²) in [5, 5.41) is 38.4. The minimum Gasteiger partial charge on any atom is -0.481 e. The van der Waals surface area contributed by atoms with Gasteiger partial charge in [0, 0.05) is 34.1 Å². The number of carbonyl (C=O) groups is 6. The fourth-order valence-corrected chi connectivity index (χ4v) is 7.71. The van der Waals surface area contributed by atoms with Gasteiger partial charge in [-0.25, -0.2) is 4.98 Å². The number of hydrogen-bond donors (Lipinski definition) is 4. The fourth-order valence-electron chi connectivity index (χ4n) is 7.71. The second-order valence-corrected chi connectivity index (χ2v) is 13.7. The Bertz CT molecular complexity index is 1930. The van der Waals surface area contributed by atoms with Crippen LogP contribution in [0.3, 0.4) is 0 Å². The summed E-state index contributed by atoms with van der Waals surface area (Å²) < 4.78 is 0. The molecule has 52 heavy (non-hydrogen) atoms. The molecule has 0 amide bonds. The first-order chi connectivity index (χ1) is 24.9. The number of ketones is 2. The van der Waals surface area contributed by atoms with Crippen LogP contribution in [-0.4, -0.2) is 60.9 Å². The number of carboxylic acids is 4. The van der Waals surface area contributed by atoms with E-state index in [4.69, 9.17) is 4.98 Å². The summed E-state index contributed by atoms with van der Waals surface area (Å²) in [5.41, 5.74) is 4.77.